The summed E-state index contributed by atoms with van der Waals surface area (Å²) in [5, 5.41) is 8.31. The van der Waals surface area contributed by atoms with E-state index in [9.17, 15) is 14.4 Å². The molecule has 0 saturated heterocycles. The average molecular weight is 374 g/mol. The molecule has 138 valence electrons. The number of hydrogen-bond acceptors (Lipinski definition) is 5. The van der Waals surface area contributed by atoms with Crippen molar-refractivity contribution in [1.29, 1.82) is 0 Å². The number of nitrogens with one attached hydrogen (secondary N) is 1. The molecular weight excluding hydrogens is 352 g/mol. The van der Waals surface area contributed by atoms with Gasteiger partial charge in [-0.2, -0.15) is 5.01 Å². The van der Waals surface area contributed by atoms with E-state index < -0.39 is 4.87 Å². The number of hydrogen-bond donors (Lipinski definition) is 1. The van der Waals surface area contributed by atoms with Crippen molar-refractivity contribution in [3.63, 3.8) is 0 Å². The van der Waals surface area contributed by atoms with Gasteiger partial charge < -0.3 is 10.2 Å². The number of aryl methyl sites for hydroxylation is 1. The Morgan fingerprint density at radius 1 is 1.27 bits per heavy atom. The number of thioether (sulfide) groups is 1. The van der Waals surface area contributed by atoms with Gasteiger partial charge in [0.25, 0.3) is 5.91 Å². The van der Waals surface area contributed by atoms with Crippen LogP contribution in [0.4, 0.5) is 5.69 Å². The monoisotopic (exact) mass is 374 g/mol. The Balaban J connectivity index is 2.21. The first-order valence-corrected chi connectivity index (χ1v) is 9.34. The molecule has 1 N–H and O–H groups in total. The third-order valence-electron chi connectivity index (χ3n) is 4.63. The summed E-state index contributed by atoms with van der Waals surface area (Å²) in [6, 6.07) is 3.84. The van der Waals surface area contributed by atoms with E-state index in [0.29, 0.717) is 6.54 Å². The summed E-state index contributed by atoms with van der Waals surface area (Å²) in [6.45, 7) is 9.29. The molecule has 8 heteroatoms. The van der Waals surface area contributed by atoms with Crippen molar-refractivity contribution in [2.24, 2.45) is 5.10 Å². The molecule has 1 spiro atoms. The molecule has 0 fully saturated rings. The Labute approximate surface area is 156 Å². The van der Waals surface area contributed by atoms with Gasteiger partial charge in [-0.15, -0.1) is 5.10 Å². The highest BCUT2D eigenvalue weighted by molar-refractivity contribution is 8.15. The van der Waals surface area contributed by atoms with Crippen molar-refractivity contribution in [2.45, 2.75) is 45.9 Å². The van der Waals surface area contributed by atoms with Gasteiger partial charge in [-0.25, -0.2) is 0 Å². The van der Waals surface area contributed by atoms with Crippen molar-refractivity contribution in [2.75, 3.05) is 11.4 Å². The molecule has 2 heterocycles. The number of amidine groups is 1. The predicted molar refractivity (Wildman–Crippen MR) is 102 cm³/mol. The zero-order valence-corrected chi connectivity index (χ0v) is 16.4. The lowest BCUT2D eigenvalue weighted by molar-refractivity contribution is -0.139. The molecular formula is C18H22N4O3S. The second kappa shape index (κ2) is 6.42. The van der Waals surface area contributed by atoms with Gasteiger partial charge in [-0.3, -0.25) is 14.4 Å². The Morgan fingerprint density at radius 3 is 2.54 bits per heavy atom. The summed E-state index contributed by atoms with van der Waals surface area (Å²) in [6.07, 6.45) is 0.790. The van der Waals surface area contributed by atoms with Crippen LogP contribution in [0, 0.1) is 13.8 Å². The van der Waals surface area contributed by atoms with E-state index in [1.165, 1.54) is 18.9 Å². The lowest BCUT2D eigenvalue weighted by Crippen LogP contribution is -2.48. The normalized spacial score (nSPS) is 21.3. The molecule has 1 aromatic carbocycles. The standard InChI is InChI=1S/C18H22N4O3S/c1-6-9-21-15-11(3)10(2)7-8-14(15)18(16(21)25)22(13(5)24)20-17(26-18)19-12(4)23/h7-8H,6,9H2,1-5H3,(H,19,20,23). The van der Waals surface area contributed by atoms with E-state index in [1.807, 2.05) is 32.9 Å². The summed E-state index contributed by atoms with van der Waals surface area (Å²) in [5.74, 6) is -0.853. The smallest absolute Gasteiger partial charge is 0.270 e. The molecule has 3 amide bonds. The third-order valence-corrected chi connectivity index (χ3v) is 5.87. The molecule has 2 aliphatic heterocycles. The summed E-state index contributed by atoms with van der Waals surface area (Å²) in [5.41, 5.74) is 3.67. The first kappa shape index (κ1) is 18.4. The average Bonchev–Trinajstić information content (AvgIpc) is 3.04. The first-order chi connectivity index (χ1) is 12.2. The van der Waals surface area contributed by atoms with E-state index in [-0.39, 0.29) is 22.9 Å². The van der Waals surface area contributed by atoms with Gasteiger partial charge in [0.2, 0.25) is 16.7 Å². The number of rotatable bonds is 2. The third kappa shape index (κ3) is 2.51. The van der Waals surface area contributed by atoms with Gasteiger partial charge in [0.1, 0.15) is 0 Å². The maximum absolute atomic E-state index is 13.5. The minimum atomic E-state index is -1.30. The molecule has 0 bridgehead atoms. The molecule has 2 aliphatic rings. The minimum absolute atomic E-state index is 0.202. The van der Waals surface area contributed by atoms with Crippen molar-refractivity contribution < 1.29 is 14.4 Å². The van der Waals surface area contributed by atoms with Crippen LogP contribution < -0.4 is 10.2 Å². The molecule has 0 aliphatic carbocycles. The van der Waals surface area contributed by atoms with Gasteiger partial charge in [-0.1, -0.05) is 19.1 Å². The van der Waals surface area contributed by atoms with E-state index in [2.05, 4.69) is 10.4 Å². The van der Waals surface area contributed by atoms with Crippen LogP contribution in [0.5, 0.6) is 0 Å². The molecule has 26 heavy (non-hydrogen) atoms. The quantitative estimate of drug-likeness (QED) is 0.860. The number of anilines is 1. The number of carbonyl (C=O) groups is 3. The fourth-order valence-electron chi connectivity index (χ4n) is 3.42. The Morgan fingerprint density at radius 2 is 1.96 bits per heavy atom. The highest BCUT2D eigenvalue weighted by Crippen LogP contribution is 2.55. The molecule has 1 atom stereocenters. The largest absolute Gasteiger partial charge is 0.309 e. The van der Waals surface area contributed by atoms with Crippen LogP contribution in [0.3, 0.4) is 0 Å². The van der Waals surface area contributed by atoms with Gasteiger partial charge in [0.05, 0.1) is 5.69 Å². The molecule has 7 nitrogen and oxygen atoms in total. The van der Waals surface area contributed by atoms with Crippen LogP contribution in [0.1, 0.15) is 43.9 Å². The predicted octanol–water partition coefficient (Wildman–Crippen LogP) is 2.22. The number of hydrazone groups is 1. The van der Waals surface area contributed by atoms with Crippen LogP contribution >= 0.6 is 11.8 Å². The highest BCUT2D eigenvalue weighted by atomic mass is 32.2. The topological polar surface area (TPSA) is 82.1 Å². The number of amides is 3. The Kier molecular flexibility index (Phi) is 4.56. The van der Waals surface area contributed by atoms with Crippen molar-refractivity contribution >= 4 is 40.3 Å². The van der Waals surface area contributed by atoms with Crippen LogP contribution in [-0.4, -0.2) is 34.4 Å². The Bertz CT molecular complexity index is 851. The second-order valence-corrected chi connectivity index (χ2v) is 7.71. The van der Waals surface area contributed by atoms with E-state index in [4.69, 9.17) is 0 Å². The SMILES string of the molecule is CCCN1C(=O)C2(SC(NC(C)=O)=NN2C(C)=O)c2ccc(C)c(C)c21. The fraction of sp³-hybridized carbons (Fsp3) is 0.444. The van der Waals surface area contributed by atoms with Crippen LogP contribution in [0.2, 0.25) is 0 Å². The number of carbonyl (C=O) groups excluding carboxylic acids is 3. The molecule has 0 saturated carbocycles. The van der Waals surface area contributed by atoms with Gasteiger partial charge in [-0.05, 0) is 43.2 Å². The van der Waals surface area contributed by atoms with Gasteiger partial charge in [0.15, 0.2) is 5.17 Å². The van der Waals surface area contributed by atoms with Crippen molar-refractivity contribution in [1.82, 2.24) is 10.3 Å². The minimum Gasteiger partial charge on any atom is -0.309 e. The van der Waals surface area contributed by atoms with E-state index in [1.54, 1.807) is 4.90 Å². The van der Waals surface area contributed by atoms with E-state index in [0.717, 1.165) is 40.6 Å². The molecule has 1 aromatic rings. The Hall–Kier alpha value is -2.35. The summed E-state index contributed by atoms with van der Waals surface area (Å²) in [4.78, 5) is 37.8. The maximum atomic E-state index is 13.5. The van der Waals surface area contributed by atoms with Crippen LogP contribution in [-0.2, 0) is 19.3 Å². The zero-order valence-electron chi connectivity index (χ0n) is 15.5. The molecule has 0 radical (unpaired) electrons. The van der Waals surface area contributed by atoms with E-state index >= 15 is 0 Å². The number of fused-ring (bicyclic) bond motifs is 2. The lowest BCUT2D eigenvalue weighted by atomic mass is 10.00. The molecule has 3 rings (SSSR count). The zero-order chi connectivity index (χ0) is 19.2. The van der Waals surface area contributed by atoms with Gasteiger partial charge in [0, 0.05) is 26.0 Å². The fourth-order valence-corrected chi connectivity index (χ4v) is 4.75. The summed E-state index contributed by atoms with van der Waals surface area (Å²) >= 11 is 1.11. The second-order valence-electron chi connectivity index (χ2n) is 6.52. The van der Waals surface area contributed by atoms with Crippen LogP contribution in [0.25, 0.3) is 0 Å². The summed E-state index contributed by atoms with van der Waals surface area (Å²) < 4.78 is 0. The molecule has 0 aromatic heterocycles. The van der Waals surface area contributed by atoms with Crippen molar-refractivity contribution in [3.05, 3.63) is 28.8 Å². The maximum Gasteiger partial charge on any atom is 0.270 e. The highest BCUT2D eigenvalue weighted by Gasteiger charge is 2.61. The van der Waals surface area contributed by atoms with Crippen molar-refractivity contribution in [3.8, 4) is 0 Å². The van der Waals surface area contributed by atoms with Gasteiger partial charge >= 0.3 is 0 Å². The number of benzene rings is 1. The molecule has 1 unspecified atom stereocenters. The first-order valence-electron chi connectivity index (χ1n) is 8.52. The number of nitrogens with zero attached hydrogens (tertiary/aromatic N) is 3. The summed E-state index contributed by atoms with van der Waals surface area (Å²) in [7, 11) is 0. The van der Waals surface area contributed by atoms with Crippen LogP contribution in [0.15, 0.2) is 17.2 Å². The lowest BCUT2D eigenvalue weighted by Gasteiger charge is -2.29.